The first-order chi connectivity index (χ1) is 19.3. The Hall–Kier alpha value is -2.67. The van der Waals surface area contributed by atoms with Gasteiger partial charge in [-0.15, -0.1) is 0 Å². The highest BCUT2D eigenvalue weighted by atomic mass is 16.5. The van der Waals surface area contributed by atoms with Gasteiger partial charge < -0.3 is 20.3 Å². The summed E-state index contributed by atoms with van der Waals surface area (Å²) >= 11 is 0. The first kappa shape index (κ1) is 27.5. The Bertz CT molecular complexity index is 1150. The van der Waals surface area contributed by atoms with Crippen molar-refractivity contribution in [1.29, 1.82) is 0 Å². The van der Waals surface area contributed by atoms with Gasteiger partial charge in [0.05, 0.1) is 17.9 Å². The monoisotopic (exact) mass is 547 g/mol. The average molecular weight is 548 g/mol. The van der Waals surface area contributed by atoms with E-state index in [0.29, 0.717) is 17.5 Å². The van der Waals surface area contributed by atoms with Crippen molar-refractivity contribution in [3.63, 3.8) is 0 Å². The smallest absolute Gasteiger partial charge is 0.246 e. The summed E-state index contributed by atoms with van der Waals surface area (Å²) in [6, 6.07) is 7.26. The van der Waals surface area contributed by atoms with Gasteiger partial charge in [0, 0.05) is 17.8 Å². The summed E-state index contributed by atoms with van der Waals surface area (Å²) in [7, 11) is 0. The van der Waals surface area contributed by atoms with E-state index < -0.39 is 29.6 Å². The van der Waals surface area contributed by atoms with Crippen LogP contribution in [0.25, 0.3) is 0 Å². The number of amides is 3. The minimum Gasteiger partial charge on any atom is -0.359 e. The molecule has 3 aliphatic heterocycles. The van der Waals surface area contributed by atoms with E-state index in [1.807, 2.05) is 41.3 Å². The van der Waals surface area contributed by atoms with Gasteiger partial charge in [-0.25, -0.2) is 0 Å². The lowest BCUT2D eigenvalue weighted by atomic mass is 9.74. The standard InChI is InChI=1S/C33H45N3O4/c1-20(2)22-14-16-23(17-15-22)34-30(37)27-26-18-19-33(40-26)28(27)32(39)36(24-11-6-4-5-7-12-24)29(33)31(38)35-25-13-9-8-10-21(25)3/h14-21,24-29H,4-13H2,1-3H3,(H,34,37)(H,35,38)/t21-,25-,26-,27+,28-,29-,33-/m0/s1. The molecule has 2 saturated carbocycles. The molecule has 40 heavy (non-hydrogen) atoms. The first-order valence-corrected chi connectivity index (χ1v) is 15.7. The molecule has 5 aliphatic rings. The number of hydrogen-bond acceptors (Lipinski definition) is 4. The highest BCUT2D eigenvalue weighted by Gasteiger charge is 2.73. The van der Waals surface area contributed by atoms with Crippen LogP contribution in [-0.2, 0) is 19.1 Å². The molecule has 2 aliphatic carbocycles. The lowest BCUT2D eigenvalue weighted by molar-refractivity contribution is -0.144. The normalized spacial score (nSPS) is 35.6. The number of hydrogen-bond donors (Lipinski definition) is 2. The molecule has 1 aromatic rings. The quantitative estimate of drug-likeness (QED) is 0.373. The molecule has 216 valence electrons. The molecule has 3 amide bonds. The molecule has 0 radical (unpaired) electrons. The largest absolute Gasteiger partial charge is 0.359 e. The third-order valence-corrected chi connectivity index (χ3v) is 10.4. The number of benzene rings is 1. The maximum Gasteiger partial charge on any atom is 0.246 e. The number of nitrogens with zero attached hydrogens (tertiary/aromatic N) is 1. The van der Waals surface area contributed by atoms with Crippen LogP contribution in [0.5, 0.6) is 0 Å². The predicted molar refractivity (Wildman–Crippen MR) is 155 cm³/mol. The zero-order valence-electron chi connectivity index (χ0n) is 24.2. The van der Waals surface area contributed by atoms with Crippen molar-refractivity contribution in [2.45, 2.75) is 121 Å². The Morgan fingerprint density at radius 3 is 2.30 bits per heavy atom. The molecule has 0 aromatic heterocycles. The van der Waals surface area contributed by atoms with E-state index in [4.69, 9.17) is 4.74 Å². The van der Waals surface area contributed by atoms with Crippen LogP contribution in [0.2, 0.25) is 0 Å². The SMILES string of the molecule is CC(C)c1ccc(NC(=O)[C@@H]2[C@@H]3C=C[C@]4(O3)[C@@H]2C(=O)N(C2CCCCCC2)[C@H]4C(=O)N[C@H]2CCCC[C@@H]2C)cc1. The molecule has 6 rings (SSSR count). The van der Waals surface area contributed by atoms with Crippen LogP contribution in [0.3, 0.4) is 0 Å². The van der Waals surface area contributed by atoms with E-state index in [-0.39, 0.29) is 29.8 Å². The number of carbonyl (C=O) groups excluding carboxylic acids is 3. The van der Waals surface area contributed by atoms with Crippen LogP contribution in [0.15, 0.2) is 36.4 Å². The zero-order valence-corrected chi connectivity index (χ0v) is 24.2. The highest BCUT2D eigenvalue weighted by Crippen LogP contribution is 2.56. The first-order valence-electron chi connectivity index (χ1n) is 15.7. The Kier molecular flexibility index (Phi) is 7.53. The summed E-state index contributed by atoms with van der Waals surface area (Å²) in [5.41, 5.74) is 0.815. The maximum absolute atomic E-state index is 14.4. The van der Waals surface area contributed by atoms with Crippen LogP contribution in [0, 0.1) is 17.8 Å². The third kappa shape index (κ3) is 4.68. The average Bonchev–Trinajstić information content (AvgIpc) is 3.49. The summed E-state index contributed by atoms with van der Waals surface area (Å²) < 4.78 is 6.58. The van der Waals surface area contributed by atoms with Gasteiger partial charge in [0.25, 0.3) is 0 Å². The van der Waals surface area contributed by atoms with Crippen LogP contribution < -0.4 is 10.6 Å². The molecular formula is C33H45N3O4. The number of rotatable bonds is 6. The van der Waals surface area contributed by atoms with Crippen LogP contribution >= 0.6 is 0 Å². The third-order valence-electron chi connectivity index (χ3n) is 10.4. The molecular weight excluding hydrogens is 502 g/mol. The molecule has 1 spiro atoms. The molecule has 2 N–H and O–H groups in total. The number of carbonyl (C=O) groups is 3. The van der Waals surface area contributed by atoms with Gasteiger partial charge in [-0.05, 0) is 55.2 Å². The van der Waals surface area contributed by atoms with Crippen molar-refractivity contribution < 1.29 is 19.1 Å². The number of anilines is 1. The fourth-order valence-corrected chi connectivity index (χ4v) is 8.11. The Balaban J connectivity index is 1.30. The Morgan fingerprint density at radius 1 is 0.950 bits per heavy atom. The van der Waals surface area contributed by atoms with Gasteiger partial charge in [-0.1, -0.05) is 83.6 Å². The lowest BCUT2D eigenvalue weighted by Gasteiger charge is -2.38. The number of ether oxygens (including phenoxy) is 1. The molecule has 1 aromatic carbocycles. The van der Waals surface area contributed by atoms with E-state index >= 15 is 0 Å². The van der Waals surface area contributed by atoms with Crippen molar-refractivity contribution in [1.82, 2.24) is 10.2 Å². The summed E-state index contributed by atoms with van der Waals surface area (Å²) in [4.78, 5) is 44.2. The lowest BCUT2D eigenvalue weighted by Crippen LogP contribution is -2.59. The van der Waals surface area contributed by atoms with Crippen molar-refractivity contribution in [2.24, 2.45) is 17.8 Å². The minimum absolute atomic E-state index is 0.00200. The van der Waals surface area contributed by atoms with Crippen LogP contribution in [0.4, 0.5) is 5.69 Å². The Labute approximate surface area is 238 Å². The van der Waals surface area contributed by atoms with Crippen LogP contribution in [0.1, 0.15) is 96.5 Å². The number of likely N-dealkylation sites (tertiary alicyclic amines) is 1. The van der Waals surface area contributed by atoms with Gasteiger partial charge in [-0.2, -0.15) is 0 Å². The molecule has 2 bridgehead atoms. The van der Waals surface area contributed by atoms with Crippen molar-refractivity contribution in [3.8, 4) is 0 Å². The van der Waals surface area contributed by atoms with E-state index in [1.54, 1.807) is 0 Å². The van der Waals surface area contributed by atoms with Crippen molar-refractivity contribution in [2.75, 3.05) is 5.32 Å². The molecule has 0 unspecified atom stereocenters. The summed E-state index contributed by atoms with van der Waals surface area (Å²) in [6.45, 7) is 6.48. The number of fused-ring (bicyclic) bond motifs is 1. The predicted octanol–water partition coefficient (Wildman–Crippen LogP) is 5.32. The minimum atomic E-state index is -1.10. The van der Waals surface area contributed by atoms with Gasteiger partial charge in [0.1, 0.15) is 11.6 Å². The molecule has 4 fully saturated rings. The van der Waals surface area contributed by atoms with E-state index in [9.17, 15) is 14.4 Å². The highest BCUT2D eigenvalue weighted by molar-refractivity contribution is 6.03. The van der Waals surface area contributed by atoms with E-state index in [0.717, 1.165) is 57.8 Å². The second-order valence-corrected chi connectivity index (χ2v) is 13.2. The van der Waals surface area contributed by atoms with Crippen LogP contribution in [-0.4, -0.2) is 52.5 Å². The van der Waals surface area contributed by atoms with E-state index in [2.05, 4.69) is 31.4 Å². The van der Waals surface area contributed by atoms with Crippen molar-refractivity contribution in [3.05, 3.63) is 42.0 Å². The summed E-state index contributed by atoms with van der Waals surface area (Å²) in [5.74, 6) is -0.969. The zero-order chi connectivity index (χ0) is 28.0. The van der Waals surface area contributed by atoms with Gasteiger partial charge in [-0.3, -0.25) is 14.4 Å². The molecule has 3 heterocycles. The summed E-state index contributed by atoms with van der Waals surface area (Å²) in [5, 5.41) is 6.42. The maximum atomic E-state index is 14.4. The number of nitrogens with one attached hydrogen (secondary N) is 2. The second-order valence-electron chi connectivity index (χ2n) is 13.2. The Morgan fingerprint density at radius 2 is 1.62 bits per heavy atom. The molecule has 7 heteroatoms. The second kappa shape index (κ2) is 11.0. The fraction of sp³-hybridized carbons (Fsp3) is 0.667. The molecule has 7 nitrogen and oxygen atoms in total. The summed E-state index contributed by atoms with van der Waals surface area (Å²) in [6.07, 6.45) is 13.9. The fourth-order valence-electron chi connectivity index (χ4n) is 8.11. The topological polar surface area (TPSA) is 87.7 Å². The van der Waals surface area contributed by atoms with Gasteiger partial charge in [0.2, 0.25) is 17.7 Å². The van der Waals surface area contributed by atoms with Gasteiger partial charge in [0.15, 0.2) is 0 Å². The van der Waals surface area contributed by atoms with E-state index in [1.165, 1.54) is 12.0 Å². The molecule has 7 atom stereocenters. The van der Waals surface area contributed by atoms with Crippen molar-refractivity contribution >= 4 is 23.4 Å². The van der Waals surface area contributed by atoms with Gasteiger partial charge >= 0.3 is 0 Å². The molecule has 2 saturated heterocycles.